The second kappa shape index (κ2) is 4.34. The van der Waals surface area contributed by atoms with E-state index in [1.54, 1.807) is 11.6 Å². The molecule has 0 radical (unpaired) electrons. The van der Waals surface area contributed by atoms with E-state index in [9.17, 15) is 9.90 Å². The van der Waals surface area contributed by atoms with Gasteiger partial charge in [-0.3, -0.25) is 4.40 Å². The minimum Gasteiger partial charge on any atom is -0.476 e. The summed E-state index contributed by atoms with van der Waals surface area (Å²) in [7, 11) is 1.71. The first-order valence-electron chi connectivity index (χ1n) is 6.62. The molecule has 1 aromatic carbocycles. The Kier molecular flexibility index (Phi) is 2.92. The van der Waals surface area contributed by atoms with Crippen LogP contribution in [0, 0.1) is 0 Å². The van der Waals surface area contributed by atoms with E-state index in [-0.39, 0.29) is 11.1 Å². The first-order chi connectivity index (χ1) is 9.71. The molecule has 2 aromatic heterocycles. The molecule has 0 bridgehead atoms. The summed E-state index contributed by atoms with van der Waals surface area (Å²) < 4.78 is 3.92. The highest BCUT2D eigenvalue weighted by Crippen LogP contribution is 2.30. The number of carboxylic acids is 1. The molecule has 0 aliphatic rings. The van der Waals surface area contributed by atoms with Crippen LogP contribution < -0.4 is 0 Å². The van der Waals surface area contributed by atoms with Crippen molar-refractivity contribution in [3.63, 3.8) is 0 Å². The number of benzene rings is 1. The Morgan fingerprint density at radius 3 is 2.57 bits per heavy atom. The smallest absolute Gasteiger partial charge is 0.355 e. The molecule has 0 amide bonds. The SMILES string of the molecule is Cn1c(C(=O)O)c(Br)n2c3ccc(C(C)(C)C)cc3nc12. The number of fused-ring (bicyclic) bond motifs is 3. The summed E-state index contributed by atoms with van der Waals surface area (Å²) in [5, 5.41) is 9.30. The predicted molar refractivity (Wildman–Crippen MR) is 85.0 cm³/mol. The van der Waals surface area contributed by atoms with Crippen LogP contribution in [0.3, 0.4) is 0 Å². The molecule has 6 heteroatoms. The minimum absolute atomic E-state index is 0.0491. The topological polar surface area (TPSA) is 59.5 Å². The van der Waals surface area contributed by atoms with E-state index in [1.165, 1.54) is 5.56 Å². The number of hydrogen-bond donors (Lipinski definition) is 1. The van der Waals surface area contributed by atoms with Gasteiger partial charge in [0.25, 0.3) is 0 Å². The normalized spacial score (nSPS) is 12.4. The molecular weight excluding hydrogens is 334 g/mol. The molecule has 0 aliphatic heterocycles. The van der Waals surface area contributed by atoms with E-state index in [0.29, 0.717) is 10.4 Å². The van der Waals surface area contributed by atoms with Crippen molar-refractivity contribution in [2.45, 2.75) is 26.2 Å². The summed E-state index contributed by atoms with van der Waals surface area (Å²) in [6.45, 7) is 6.47. The summed E-state index contributed by atoms with van der Waals surface area (Å²) in [6, 6.07) is 6.12. The van der Waals surface area contributed by atoms with Gasteiger partial charge in [0.15, 0.2) is 5.69 Å². The molecule has 0 spiro atoms. The monoisotopic (exact) mass is 349 g/mol. The second-order valence-electron chi connectivity index (χ2n) is 6.20. The number of aromatic nitrogens is 3. The van der Waals surface area contributed by atoms with Crippen LogP contribution in [0.1, 0.15) is 36.8 Å². The number of rotatable bonds is 1. The predicted octanol–water partition coefficient (Wildman–Crippen LogP) is 3.58. The number of imidazole rings is 2. The van der Waals surface area contributed by atoms with Crippen LogP contribution in [0.2, 0.25) is 0 Å². The van der Waals surface area contributed by atoms with E-state index in [4.69, 9.17) is 0 Å². The molecule has 3 rings (SSSR count). The molecule has 2 heterocycles. The lowest BCUT2D eigenvalue weighted by Gasteiger charge is -2.18. The Hall–Kier alpha value is -1.82. The number of carbonyl (C=O) groups is 1. The highest BCUT2D eigenvalue weighted by atomic mass is 79.9. The summed E-state index contributed by atoms with van der Waals surface area (Å²) >= 11 is 3.38. The summed E-state index contributed by atoms with van der Waals surface area (Å²) in [5.41, 5.74) is 3.21. The van der Waals surface area contributed by atoms with Crippen LogP contribution in [-0.2, 0) is 12.5 Å². The van der Waals surface area contributed by atoms with Crippen molar-refractivity contribution >= 4 is 38.7 Å². The maximum absolute atomic E-state index is 11.3. The van der Waals surface area contributed by atoms with Gasteiger partial charge in [-0.25, -0.2) is 9.78 Å². The Balaban J connectivity index is 2.38. The zero-order valence-corrected chi connectivity index (χ0v) is 13.9. The van der Waals surface area contributed by atoms with E-state index in [2.05, 4.69) is 53.8 Å². The third-order valence-electron chi connectivity index (χ3n) is 3.73. The number of hydrogen-bond acceptors (Lipinski definition) is 2. The molecule has 0 fully saturated rings. The number of halogens is 1. The largest absolute Gasteiger partial charge is 0.476 e. The molecule has 0 atom stereocenters. The van der Waals surface area contributed by atoms with Crippen LogP contribution >= 0.6 is 15.9 Å². The third-order valence-corrected chi connectivity index (χ3v) is 4.46. The first-order valence-corrected chi connectivity index (χ1v) is 7.41. The van der Waals surface area contributed by atoms with Crippen LogP contribution in [0.25, 0.3) is 16.8 Å². The van der Waals surface area contributed by atoms with Gasteiger partial charge in [0.1, 0.15) is 4.60 Å². The molecule has 5 nitrogen and oxygen atoms in total. The van der Waals surface area contributed by atoms with Crippen LogP contribution in [0.5, 0.6) is 0 Å². The van der Waals surface area contributed by atoms with Crippen molar-refractivity contribution in [1.29, 1.82) is 0 Å². The third kappa shape index (κ3) is 1.97. The Labute approximate surface area is 130 Å². The highest BCUT2D eigenvalue weighted by molar-refractivity contribution is 9.10. The first kappa shape index (κ1) is 14.1. The van der Waals surface area contributed by atoms with Crippen molar-refractivity contribution in [1.82, 2.24) is 14.0 Å². The lowest BCUT2D eigenvalue weighted by molar-refractivity contribution is 0.0685. The van der Waals surface area contributed by atoms with E-state index < -0.39 is 5.97 Å². The average molecular weight is 350 g/mol. The lowest BCUT2D eigenvalue weighted by atomic mass is 9.87. The molecule has 1 N–H and O–H groups in total. The maximum Gasteiger partial charge on any atom is 0.355 e. The van der Waals surface area contributed by atoms with Gasteiger partial charge in [-0.2, -0.15) is 0 Å². The molecule has 110 valence electrons. The van der Waals surface area contributed by atoms with Crippen LogP contribution in [-0.4, -0.2) is 25.0 Å². The fourth-order valence-corrected chi connectivity index (χ4v) is 3.31. The average Bonchev–Trinajstić information content (AvgIpc) is 2.84. The summed E-state index contributed by atoms with van der Waals surface area (Å²) in [5.74, 6) is -0.366. The molecule has 0 saturated heterocycles. The van der Waals surface area contributed by atoms with Crippen molar-refractivity contribution in [2.24, 2.45) is 7.05 Å². The molecule has 21 heavy (non-hydrogen) atoms. The standard InChI is InChI=1S/C15H16BrN3O2/c1-15(2,3)8-5-6-10-9(7-8)17-14-18(4)11(13(20)21)12(16)19(10)14/h5-7H,1-4H3,(H,20,21). The number of aryl methyl sites for hydroxylation is 1. The number of aromatic carboxylic acids is 1. The zero-order valence-electron chi connectivity index (χ0n) is 12.3. The van der Waals surface area contributed by atoms with Crippen molar-refractivity contribution < 1.29 is 9.90 Å². The Morgan fingerprint density at radius 1 is 1.33 bits per heavy atom. The molecule has 0 saturated carbocycles. The molecule has 0 aliphatic carbocycles. The van der Waals surface area contributed by atoms with Crippen LogP contribution in [0.15, 0.2) is 22.8 Å². The molecule has 0 unspecified atom stereocenters. The maximum atomic E-state index is 11.3. The van der Waals surface area contributed by atoms with Gasteiger partial charge in [-0.15, -0.1) is 0 Å². The van der Waals surface area contributed by atoms with Gasteiger partial charge < -0.3 is 9.67 Å². The quantitative estimate of drug-likeness (QED) is 0.730. The zero-order chi connectivity index (χ0) is 15.5. The van der Waals surface area contributed by atoms with Gasteiger partial charge in [0.2, 0.25) is 5.78 Å². The number of carboxylic acid groups (broad SMARTS) is 1. The Morgan fingerprint density at radius 2 is 2.00 bits per heavy atom. The lowest BCUT2D eigenvalue weighted by Crippen LogP contribution is -2.10. The highest BCUT2D eigenvalue weighted by Gasteiger charge is 2.23. The van der Waals surface area contributed by atoms with Crippen molar-refractivity contribution in [3.8, 4) is 0 Å². The van der Waals surface area contributed by atoms with Gasteiger partial charge in [0, 0.05) is 7.05 Å². The molecule has 3 aromatic rings. The minimum atomic E-state index is -0.977. The summed E-state index contributed by atoms with van der Waals surface area (Å²) in [4.78, 5) is 15.9. The second-order valence-corrected chi connectivity index (χ2v) is 6.96. The van der Waals surface area contributed by atoms with Crippen LogP contribution in [0.4, 0.5) is 0 Å². The molecular formula is C15H16BrN3O2. The van der Waals surface area contributed by atoms with E-state index >= 15 is 0 Å². The van der Waals surface area contributed by atoms with Gasteiger partial charge in [0.05, 0.1) is 11.0 Å². The van der Waals surface area contributed by atoms with Gasteiger partial charge >= 0.3 is 5.97 Å². The Bertz CT molecular complexity index is 884. The summed E-state index contributed by atoms with van der Waals surface area (Å²) in [6.07, 6.45) is 0. The fraction of sp³-hybridized carbons (Fsp3) is 0.333. The van der Waals surface area contributed by atoms with Gasteiger partial charge in [-0.05, 0) is 39.0 Å². The van der Waals surface area contributed by atoms with Crippen molar-refractivity contribution in [2.75, 3.05) is 0 Å². The van der Waals surface area contributed by atoms with Gasteiger partial charge in [-0.1, -0.05) is 26.8 Å². The number of nitrogens with zero attached hydrogens (tertiary/aromatic N) is 3. The van der Waals surface area contributed by atoms with E-state index in [1.807, 2.05) is 10.5 Å². The van der Waals surface area contributed by atoms with Crippen molar-refractivity contribution in [3.05, 3.63) is 34.1 Å². The fourth-order valence-electron chi connectivity index (χ4n) is 2.53. The van der Waals surface area contributed by atoms with E-state index in [0.717, 1.165) is 11.0 Å².